The summed E-state index contributed by atoms with van der Waals surface area (Å²) in [5.74, 6) is -3.19. The summed E-state index contributed by atoms with van der Waals surface area (Å²) in [5, 5.41) is 1.98. The lowest BCUT2D eigenvalue weighted by atomic mass is 10.1. The van der Waals surface area contributed by atoms with Crippen LogP contribution >= 0.6 is 0 Å². The Balaban J connectivity index is 2.20. The van der Waals surface area contributed by atoms with Gasteiger partial charge in [0.05, 0.1) is 17.8 Å². The van der Waals surface area contributed by atoms with Gasteiger partial charge in [0.2, 0.25) is 5.91 Å². The average molecular weight is 398 g/mol. The number of alkyl halides is 3. The highest BCUT2D eigenvalue weighted by molar-refractivity contribution is 6.32. The molecule has 4 amide bonds. The van der Waals surface area contributed by atoms with E-state index in [2.05, 4.69) is 9.89 Å². The summed E-state index contributed by atoms with van der Waals surface area (Å²) in [6, 6.07) is 2.69. The zero-order valence-electron chi connectivity index (χ0n) is 15.5. The van der Waals surface area contributed by atoms with Crippen LogP contribution in [0.4, 0.5) is 23.7 Å². The normalized spacial score (nSPS) is 18.3. The van der Waals surface area contributed by atoms with E-state index >= 15 is 0 Å². The highest BCUT2D eigenvalue weighted by atomic mass is 19.4. The Labute approximate surface area is 160 Å². The largest absolute Gasteiger partial charge is 0.416 e. The first-order valence-corrected chi connectivity index (χ1v) is 8.77. The molecule has 1 aliphatic rings. The Kier molecular flexibility index (Phi) is 6.90. The fourth-order valence-corrected chi connectivity index (χ4v) is 2.71. The fraction of sp³-hybridized carbons (Fsp3) is 0.444. The first kappa shape index (κ1) is 21.5. The molecule has 10 heteroatoms. The number of urea groups is 1. The Morgan fingerprint density at radius 1 is 1.21 bits per heavy atom. The van der Waals surface area contributed by atoms with Crippen molar-refractivity contribution in [3.8, 4) is 0 Å². The van der Waals surface area contributed by atoms with Crippen molar-refractivity contribution in [2.75, 3.05) is 31.1 Å². The van der Waals surface area contributed by atoms with Crippen LogP contribution in [0.2, 0.25) is 0 Å². The van der Waals surface area contributed by atoms with Crippen molar-refractivity contribution in [1.29, 1.82) is 0 Å². The highest BCUT2D eigenvalue weighted by Crippen LogP contribution is 2.32. The smallest absolute Gasteiger partial charge is 0.302 e. The number of amides is 4. The van der Waals surface area contributed by atoms with Crippen molar-refractivity contribution in [3.05, 3.63) is 29.8 Å². The number of aliphatic imine (C=N–C) groups is 1. The van der Waals surface area contributed by atoms with E-state index in [9.17, 15) is 27.6 Å². The topological polar surface area (TPSA) is 82.1 Å². The summed E-state index contributed by atoms with van der Waals surface area (Å²) in [4.78, 5) is 43.4. The molecule has 1 unspecified atom stereocenters. The number of imide groups is 2. The Bertz CT molecular complexity index is 776. The average Bonchev–Trinajstić information content (AvgIpc) is 2.63. The second-order valence-electron chi connectivity index (χ2n) is 6.08. The van der Waals surface area contributed by atoms with Crippen molar-refractivity contribution in [2.45, 2.75) is 20.0 Å². The molecule has 0 saturated carbocycles. The maximum Gasteiger partial charge on any atom is 0.416 e. The number of hydrogen-bond donors (Lipinski definition) is 1. The summed E-state index contributed by atoms with van der Waals surface area (Å²) in [6.45, 7) is 6.60. The minimum Gasteiger partial charge on any atom is -0.302 e. The maximum absolute atomic E-state index is 12.9. The summed E-state index contributed by atoms with van der Waals surface area (Å²) in [6.07, 6.45) is -3.50. The van der Waals surface area contributed by atoms with E-state index in [0.717, 1.165) is 31.4 Å². The number of nitrogens with one attached hydrogen (secondary N) is 1. The standard InChI is InChI=1S/C18H21F3N4O3/c1-3-24(4-2)9-8-22-11-14-15(26)23-17(28)25(16(14)27)13-7-5-6-12(10-13)18(19,20)21/h5-7,10-11,14H,3-4,8-9H2,1-2H3,(H,23,26,28). The highest BCUT2D eigenvalue weighted by Gasteiger charge is 2.41. The van der Waals surface area contributed by atoms with Gasteiger partial charge in [-0.25, -0.2) is 9.69 Å². The third-order valence-corrected chi connectivity index (χ3v) is 4.33. The first-order valence-electron chi connectivity index (χ1n) is 8.77. The van der Waals surface area contributed by atoms with Crippen LogP contribution in [0.5, 0.6) is 0 Å². The first-order chi connectivity index (χ1) is 13.2. The minimum atomic E-state index is -4.63. The van der Waals surface area contributed by atoms with Crippen molar-refractivity contribution >= 4 is 29.7 Å². The second kappa shape index (κ2) is 8.96. The van der Waals surface area contributed by atoms with Crippen LogP contribution in [0.3, 0.4) is 0 Å². The van der Waals surface area contributed by atoms with Crippen molar-refractivity contribution in [2.24, 2.45) is 10.9 Å². The Hall–Kier alpha value is -2.75. The molecule has 0 aliphatic carbocycles. The fourth-order valence-electron chi connectivity index (χ4n) is 2.71. The van der Waals surface area contributed by atoms with Gasteiger partial charge in [-0.1, -0.05) is 19.9 Å². The quantitative estimate of drug-likeness (QED) is 0.565. The van der Waals surface area contributed by atoms with E-state index in [0.29, 0.717) is 24.1 Å². The SMILES string of the molecule is CCN(CC)CCN=CC1C(=O)NC(=O)N(c2cccc(C(F)(F)F)c2)C1=O. The van der Waals surface area contributed by atoms with Gasteiger partial charge in [-0.2, -0.15) is 13.2 Å². The minimum absolute atomic E-state index is 0.272. The van der Waals surface area contributed by atoms with Crippen LogP contribution in [0.25, 0.3) is 0 Å². The van der Waals surface area contributed by atoms with E-state index < -0.39 is 35.5 Å². The van der Waals surface area contributed by atoms with Gasteiger partial charge in [0, 0.05) is 12.8 Å². The van der Waals surface area contributed by atoms with Crippen LogP contribution in [0.15, 0.2) is 29.3 Å². The monoisotopic (exact) mass is 398 g/mol. The van der Waals surface area contributed by atoms with Gasteiger partial charge in [-0.3, -0.25) is 19.9 Å². The van der Waals surface area contributed by atoms with Gasteiger partial charge in [-0.05, 0) is 31.3 Å². The number of hydrogen-bond acceptors (Lipinski definition) is 5. The summed E-state index contributed by atoms with van der Waals surface area (Å²) in [5.41, 5.74) is -1.28. The number of barbiturate groups is 1. The molecule has 1 fully saturated rings. The van der Waals surface area contributed by atoms with Crippen LogP contribution in [0.1, 0.15) is 19.4 Å². The van der Waals surface area contributed by atoms with Crippen molar-refractivity contribution < 1.29 is 27.6 Å². The molecule has 1 N–H and O–H groups in total. The number of rotatable bonds is 7. The van der Waals surface area contributed by atoms with Crippen LogP contribution in [-0.4, -0.2) is 55.1 Å². The number of carbonyl (C=O) groups excluding carboxylic acids is 3. The number of nitrogens with zero attached hydrogens (tertiary/aromatic N) is 3. The van der Waals surface area contributed by atoms with Crippen LogP contribution in [-0.2, 0) is 15.8 Å². The van der Waals surface area contributed by atoms with Gasteiger partial charge in [-0.15, -0.1) is 0 Å². The number of anilines is 1. The molecule has 1 heterocycles. The zero-order chi connectivity index (χ0) is 20.9. The predicted molar refractivity (Wildman–Crippen MR) is 97.1 cm³/mol. The molecule has 2 rings (SSSR count). The summed E-state index contributed by atoms with van der Waals surface area (Å²) in [7, 11) is 0. The van der Waals surface area contributed by atoms with Gasteiger partial charge in [0.15, 0.2) is 5.92 Å². The molecule has 0 radical (unpaired) electrons. The number of halogens is 3. The molecule has 0 bridgehead atoms. The third-order valence-electron chi connectivity index (χ3n) is 4.33. The van der Waals surface area contributed by atoms with Gasteiger partial charge in [0.25, 0.3) is 5.91 Å². The molecule has 1 aliphatic heterocycles. The van der Waals surface area contributed by atoms with E-state index in [4.69, 9.17) is 0 Å². The second-order valence-corrected chi connectivity index (χ2v) is 6.08. The molecule has 1 aromatic carbocycles. The molecule has 1 saturated heterocycles. The summed E-state index contributed by atoms with van der Waals surface area (Å²) < 4.78 is 38.7. The molecule has 7 nitrogen and oxygen atoms in total. The number of carbonyl (C=O) groups is 3. The molecule has 1 aromatic rings. The van der Waals surface area contributed by atoms with E-state index in [1.807, 2.05) is 19.2 Å². The Morgan fingerprint density at radius 3 is 2.50 bits per heavy atom. The maximum atomic E-state index is 12.9. The lowest BCUT2D eigenvalue weighted by molar-refractivity contribution is -0.138. The van der Waals surface area contributed by atoms with E-state index in [1.165, 1.54) is 6.07 Å². The van der Waals surface area contributed by atoms with Gasteiger partial charge >= 0.3 is 12.2 Å². The zero-order valence-corrected chi connectivity index (χ0v) is 15.5. The molecular formula is C18H21F3N4O3. The van der Waals surface area contributed by atoms with Crippen molar-refractivity contribution in [1.82, 2.24) is 10.2 Å². The lowest BCUT2D eigenvalue weighted by Gasteiger charge is -2.28. The number of benzene rings is 1. The molecule has 28 heavy (non-hydrogen) atoms. The Morgan fingerprint density at radius 2 is 1.89 bits per heavy atom. The molecule has 1 atom stereocenters. The van der Waals surface area contributed by atoms with Crippen LogP contribution in [0, 0.1) is 5.92 Å². The lowest BCUT2D eigenvalue weighted by Crippen LogP contribution is -2.58. The molecule has 152 valence electrons. The molecule has 0 aromatic heterocycles. The third kappa shape index (κ3) is 4.94. The molecule has 0 spiro atoms. The van der Waals surface area contributed by atoms with Crippen molar-refractivity contribution in [3.63, 3.8) is 0 Å². The number of likely N-dealkylation sites (N-methyl/N-ethyl adjacent to an activating group) is 1. The molecular weight excluding hydrogens is 377 g/mol. The van der Waals surface area contributed by atoms with E-state index in [-0.39, 0.29) is 5.69 Å². The van der Waals surface area contributed by atoms with Gasteiger partial charge < -0.3 is 4.90 Å². The predicted octanol–water partition coefficient (Wildman–Crippen LogP) is 2.32. The summed E-state index contributed by atoms with van der Waals surface area (Å²) >= 11 is 0. The van der Waals surface area contributed by atoms with Crippen LogP contribution < -0.4 is 10.2 Å². The van der Waals surface area contributed by atoms with Gasteiger partial charge in [0.1, 0.15) is 0 Å². The van der Waals surface area contributed by atoms with E-state index in [1.54, 1.807) is 0 Å².